The van der Waals surface area contributed by atoms with Gasteiger partial charge in [-0.2, -0.15) is 0 Å². The molecule has 0 aliphatic carbocycles. The molecule has 0 bridgehead atoms. The van der Waals surface area contributed by atoms with E-state index in [0.717, 1.165) is 19.5 Å². The molecular formula is C24H33N. The molecule has 0 aromatic heterocycles. The second-order valence-electron chi connectivity index (χ2n) is 6.68. The van der Waals surface area contributed by atoms with Crippen molar-refractivity contribution in [2.24, 2.45) is 0 Å². The van der Waals surface area contributed by atoms with Gasteiger partial charge in [-0.25, -0.2) is 0 Å². The van der Waals surface area contributed by atoms with Gasteiger partial charge in [0.1, 0.15) is 0 Å². The number of nitrogens with zero attached hydrogens (tertiary/aromatic N) is 1. The zero-order valence-electron chi connectivity index (χ0n) is 16.4. The van der Waals surface area contributed by atoms with Gasteiger partial charge < -0.3 is 4.90 Å². The van der Waals surface area contributed by atoms with Crippen molar-refractivity contribution in [3.05, 3.63) is 65.3 Å². The molecule has 0 fully saturated rings. The molecule has 0 saturated carbocycles. The second-order valence-corrected chi connectivity index (χ2v) is 6.68. The van der Waals surface area contributed by atoms with E-state index in [-0.39, 0.29) is 0 Å². The van der Waals surface area contributed by atoms with Crippen LogP contribution < -0.4 is 0 Å². The number of fused-ring (bicyclic) bond motifs is 1. The molecule has 25 heavy (non-hydrogen) atoms. The van der Waals surface area contributed by atoms with E-state index in [1.807, 2.05) is 0 Å². The van der Waals surface area contributed by atoms with Crippen LogP contribution >= 0.6 is 0 Å². The largest absolute Gasteiger partial charge is 0.304 e. The smallest absolute Gasteiger partial charge is 0.00189 e. The van der Waals surface area contributed by atoms with Crippen molar-refractivity contribution >= 4 is 16.8 Å². The van der Waals surface area contributed by atoms with Crippen LogP contribution in [0.4, 0.5) is 0 Å². The highest BCUT2D eigenvalue weighted by Gasteiger charge is 2.09. The van der Waals surface area contributed by atoms with E-state index in [1.54, 1.807) is 0 Å². The lowest BCUT2D eigenvalue weighted by Crippen LogP contribution is -2.23. The van der Waals surface area contributed by atoms with Crippen LogP contribution in [0.25, 0.3) is 16.8 Å². The van der Waals surface area contributed by atoms with Crippen LogP contribution in [0, 0.1) is 6.92 Å². The summed E-state index contributed by atoms with van der Waals surface area (Å²) in [6.45, 7) is 12.3. The summed E-state index contributed by atoms with van der Waals surface area (Å²) in [5.41, 5.74) is 4.29. The third-order valence-corrected chi connectivity index (χ3v) is 5.02. The summed E-state index contributed by atoms with van der Waals surface area (Å²) in [6, 6.07) is 11.1. The first-order valence-corrected chi connectivity index (χ1v) is 9.74. The van der Waals surface area contributed by atoms with Gasteiger partial charge >= 0.3 is 0 Å². The summed E-state index contributed by atoms with van der Waals surface area (Å²) in [5, 5.41) is 2.78. The highest BCUT2D eigenvalue weighted by Crippen LogP contribution is 2.28. The molecule has 1 nitrogen and oxygen atoms in total. The van der Waals surface area contributed by atoms with E-state index in [9.17, 15) is 0 Å². The molecule has 0 unspecified atom stereocenters. The fourth-order valence-electron chi connectivity index (χ4n) is 3.53. The van der Waals surface area contributed by atoms with E-state index in [4.69, 9.17) is 0 Å². The molecule has 2 aromatic carbocycles. The fourth-order valence-corrected chi connectivity index (χ4v) is 3.53. The normalized spacial score (nSPS) is 12.2. The Labute approximate surface area is 154 Å². The second kappa shape index (κ2) is 10.2. The summed E-state index contributed by atoms with van der Waals surface area (Å²) in [6.07, 6.45) is 12.3. The van der Waals surface area contributed by atoms with Crippen LogP contribution in [0.5, 0.6) is 0 Å². The van der Waals surface area contributed by atoms with Gasteiger partial charge in [-0.05, 0) is 80.2 Å². The monoisotopic (exact) mass is 335 g/mol. The zero-order chi connectivity index (χ0) is 18.1. The lowest BCUT2D eigenvalue weighted by atomic mass is 9.91. The van der Waals surface area contributed by atoms with Crippen LogP contribution in [0.1, 0.15) is 50.3 Å². The minimum atomic E-state index is 1.15. The Bertz CT molecular complexity index is 720. The number of hydrogen-bond acceptors (Lipinski definition) is 1. The van der Waals surface area contributed by atoms with Gasteiger partial charge in [-0.1, -0.05) is 68.5 Å². The summed E-state index contributed by atoms with van der Waals surface area (Å²) < 4.78 is 0. The topological polar surface area (TPSA) is 3.24 Å². The average Bonchev–Trinajstić information content (AvgIpc) is 2.63. The third kappa shape index (κ3) is 5.31. The first-order chi connectivity index (χ1) is 12.2. The first-order valence-electron chi connectivity index (χ1n) is 9.74. The van der Waals surface area contributed by atoms with E-state index in [2.05, 4.69) is 87.2 Å². The van der Waals surface area contributed by atoms with Crippen molar-refractivity contribution in [2.75, 3.05) is 19.6 Å². The summed E-state index contributed by atoms with van der Waals surface area (Å²) in [5.74, 6) is 0. The molecule has 0 heterocycles. The van der Waals surface area contributed by atoms with Crippen molar-refractivity contribution in [2.45, 2.75) is 47.0 Å². The molecule has 0 aliphatic rings. The highest BCUT2D eigenvalue weighted by molar-refractivity contribution is 5.90. The Hall–Kier alpha value is -1.86. The van der Waals surface area contributed by atoms with Crippen molar-refractivity contribution in [1.29, 1.82) is 0 Å². The third-order valence-electron chi connectivity index (χ3n) is 5.02. The molecule has 1 heteroatoms. The van der Waals surface area contributed by atoms with Gasteiger partial charge in [0.25, 0.3) is 0 Å². The van der Waals surface area contributed by atoms with E-state index in [1.165, 1.54) is 46.8 Å². The molecule has 2 aromatic rings. The summed E-state index contributed by atoms with van der Waals surface area (Å²) in [4.78, 5) is 2.52. The maximum atomic E-state index is 2.52. The van der Waals surface area contributed by atoms with Crippen molar-refractivity contribution in [3.8, 4) is 0 Å². The lowest BCUT2D eigenvalue weighted by molar-refractivity contribution is 0.297. The lowest BCUT2D eigenvalue weighted by Gasteiger charge is -2.18. The molecule has 0 amide bonds. The number of allylic oxidation sites excluding steroid dienone is 3. The van der Waals surface area contributed by atoms with Crippen LogP contribution in [-0.4, -0.2) is 24.5 Å². The van der Waals surface area contributed by atoms with Gasteiger partial charge in [0, 0.05) is 0 Å². The molecular weight excluding hydrogens is 302 g/mol. The van der Waals surface area contributed by atoms with Gasteiger partial charge in [0.2, 0.25) is 0 Å². The summed E-state index contributed by atoms with van der Waals surface area (Å²) in [7, 11) is 0. The Balaban J connectivity index is 2.26. The maximum absolute atomic E-state index is 2.52. The van der Waals surface area contributed by atoms with Crippen LogP contribution in [0.2, 0.25) is 0 Å². The van der Waals surface area contributed by atoms with E-state index < -0.39 is 0 Å². The quantitative estimate of drug-likeness (QED) is 0.378. The molecule has 0 atom stereocenters. The van der Waals surface area contributed by atoms with Crippen molar-refractivity contribution in [1.82, 2.24) is 4.90 Å². The van der Waals surface area contributed by atoms with Gasteiger partial charge in [0.05, 0.1) is 0 Å². The van der Waals surface area contributed by atoms with Gasteiger partial charge in [-0.15, -0.1) is 0 Å². The maximum Gasteiger partial charge on any atom is -0.00189 e. The average molecular weight is 336 g/mol. The molecule has 2 rings (SSSR count). The number of benzene rings is 2. The van der Waals surface area contributed by atoms with Crippen molar-refractivity contribution < 1.29 is 0 Å². The van der Waals surface area contributed by atoms with Gasteiger partial charge in [0.15, 0.2) is 0 Å². The van der Waals surface area contributed by atoms with Crippen molar-refractivity contribution in [3.63, 3.8) is 0 Å². The molecule has 0 aliphatic heterocycles. The molecule has 0 N–H and O–H groups in total. The Morgan fingerprint density at radius 3 is 2.48 bits per heavy atom. The standard InChI is InChI=1S/C24H33N/c1-5-8-9-15-22-20(4)19-21-14-10-11-16-23(21)24(22)17-12-13-18-25(6-2)7-3/h5,8-11,14-16,19H,6-7,12-13,17-18H2,1-4H3/b8-5+,15-9-. The van der Waals surface area contributed by atoms with E-state index >= 15 is 0 Å². The SMILES string of the molecule is C/C=C/C=C\c1c(C)cc2ccccc2c1CCCCN(CC)CC. The number of hydrogen-bond donors (Lipinski definition) is 0. The minimum absolute atomic E-state index is 1.15. The summed E-state index contributed by atoms with van der Waals surface area (Å²) >= 11 is 0. The fraction of sp³-hybridized carbons (Fsp3) is 0.417. The van der Waals surface area contributed by atoms with Crippen LogP contribution in [0.15, 0.2) is 48.6 Å². The Morgan fingerprint density at radius 1 is 1.00 bits per heavy atom. The number of aryl methyl sites for hydroxylation is 2. The predicted molar refractivity (Wildman–Crippen MR) is 113 cm³/mol. The van der Waals surface area contributed by atoms with E-state index in [0.29, 0.717) is 0 Å². The molecule has 0 saturated heterocycles. The predicted octanol–water partition coefficient (Wildman–Crippen LogP) is 6.40. The first kappa shape index (κ1) is 19.5. The van der Waals surface area contributed by atoms with Crippen LogP contribution in [-0.2, 0) is 6.42 Å². The van der Waals surface area contributed by atoms with Gasteiger partial charge in [-0.3, -0.25) is 0 Å². The minimum Gasteiger partial charge on any atom is -0.304 e. The molecule has 0 radical (unpaired) electrons. The number of unbranched alkanes of at least 4 members (excludes halogenated alkanes) is 1. The highest BCUT2D eigenvalue weighted by atomic mass is 15.1. The molecule has 134 valence electrons. The number of rotatable bonds is 9. The zero-order valence-corrected chi connectivity index (χ0v) is 16.4. The Morgan fingerprint density at radius 2 is 1.76 bits per heavy atom. The Kier molecular flexibility index (Phi) is 7.94. The molecule has 0 spiro atoms. The van der Waals surface area contributed by atoms with Crippen LogP contribution in [0.3, 0.4) is 0 Å².